The van der Waals surface area contributed by atoms with Gasteiger partial charge >= 0.3 is 0 Å². The van der Waals surface area contributed by atoms with E-state index in [1.807, 2.05) is 42.5 Å². The van der Waals surface area contributed by atoms with Gasteiger partial charge in [0.05, 0.1) is 6.42 Å². The average molecular weight is 316 g/mol. The van der Waals surface area contributed by atoms with Crippen LogP contribution in [0.2, 0.25) is 0 Å². The molecule has 3 aromatic rings. The van der Waals surface area contributed by atoms with E-state index in [0.717, 1.165) is 11.3 Å². The zero-order chi connectivity index (χ0) is 16.8. The Morgan fingerprint density at radius 2 is 1.54 bits per heavy atom. The van der Waals surface area contributed by atoms with Gasteiger partial charge in [0.25, 0.3) is 0 Å². The Balaban J connectivity index is 1.75. The molecule has 0 aromatic heterocycles. The molecule has 1 amide bonds. The van der Waals surface area contributed by atoms with E-state index in [4.69, 9.17) is 5.73 Å². The number of anilines is 1. The second-order valence-corrected chi connectivity index (χ2v) is 5.72. The highest BCUT2D eigenvalue weighted by atomic mass is 16.1. The Morgan fingerprint density at radius 1 is 0.833 bits per heavy atom. The Labute approximate surface area is 142 Å². The summed E-state index contributed by atoms with van der Waals surface area (Å²) < 4.78 is 0. The van der Waals surface area contributed by atoms with Crippen LogP contribution in [-0.4, -0.2) is 5.91 Å². The van der Waals surface area contributed by atoms with Crippen molar-refractivity contribution >= 4 is 11.6 Å². The highest BCUT2D eigenvalue weighted by Crippen LogP contribution is 2.21. The van der Waals surface area contributed by atoms with Crippen molar-refractivity contribution in [1.29, 1.82) is 0 Å². The van der Waals surface area contributed by atoms with Crippen LogP contribution in [-0.2, 0) is 17.8 Å². The summed E-state index contributed by atoms with van der Waals surface area (Å²) in [6.07, 6.45) is 0.243. The fourth-order valence-corrected chi connectivity index (χ4v) is 2.72. The van der Waals surface area contributed by atoms with Crippen molar-refractivity contribution in [1.82, 2.24) is 0 Å². The number of rotatable bonds is 6. The lowest BCUT2D eigenvalue weighted by Gasteiger charge is -2.12. The molecular formula is C21H20N2O. The van der Waals surface area contributed by atoms with Gasteiger partial charge in [-0.05, 0) is 34.4 Å². The molecule has 0 aliphatic carbocycles. The Bertz CT molecular complexity index is 828. The predicted octanol–water partition coefficient (Wildman–Crippen LogP) is 3.99. The van der Waals surface area contributed by atoms with Gasteiger partial charge in [-0.25, -0.2) is 0 Å². The lowest BCUT2D eigenvalue weighted by molar-refractivity contribution is -0.117. The number of hydrogen-bond acceptors (Lipinski definition) is 2. The van der Waals surface area contributed by atoms with Crippen molar-refractivity contribution < 1.29 is 4.79 Å². The Hall–Kier alpha value is -3.07. The molecule has 0 bridgehead atoms. The molecule has 3 N–H and O–H groups in total. The van der Waals surface area contributed by atoms with E-state index in [1.165, 1.54) is 16.7 Å². The van der Waals surface area contributed by atoms with Crippen molar-refractivity contribution in [2.45, 2.75) is 13.0 Å². The third-order valence-electron chi connectivity index (χ3n) is 3.90. The van der Waals surface area contributed by atoms with Crippen molar-refractivity contribution in [3.8, 4) is 11.1 Å². The van der Waals surface area contributed by atoms with Gasteiger partial charge in [0.15, 0.2) is 0 Å². The summed E-state index contributed by atoms with van der Waals surface area (Å²) in [5, 5.41) is 3.41. The van der Waals surface area contributed by atoms with Crippen LogP contribution in [0.25, 0.3) is 11.1 Å². The molecule has 0 radical (unpaired) electrons. The zero-order valence-electron chi connectivity index (χ0n) is 13.4. The molecule has 0 atom stereocenters. The average Bonchev–Trinajstić information content (AvgIpc) is 2.61. The fraction of sp³-hybridized carbons (Fsp3) is 0.0952. The Morgan fingerprint density at radius 3 is 2.33 bits per heavy atom. The topological polar surface area (TPSA) is 55.1 Å². The van der Waals surface area contributed by atoms with Gasteiger partial charge in [-0.15, -0.1) is 0 Å². The van der Waals surface area contributed by atoms with Crippen molar-refractivity contribution in [2.75, 3.05) is 5.32 Å². The number of primary amides is 1. The molecule has 0 fully saturated rings. The first-order valence-corrected chi connectivity index (χ1v) is 7.97. The smallest absolute Gasteiger partial charge is 0.221 e. The summed E-state index contributed by atoms with van der Waals surface area (Å²) in [7, 11) is 0. The standard InChI is InChI=1S/C21H20N2O/c22-21(24)14-19-10-4-5-12-20(19)23-15-16-7-6-11-18(13-16)17-8-2-1-3-9-17/h1-13,23H,14-15H2,(H2,22,24). The number of carbonyl (C=O) groups excluding carboxylic acids is 1. The molecule has 0 saturated heterocycles. The molecule has 3 nitrogen and oxygen atoms in total. The van der Waals surface area contributed by atoms with Gasteiger partial charge in [0.1, 0.15) is 0 Å². The van der Waals surface area contributed by atoms with Crippen LogP contribution in [0.15, 0.2) is 78.9 Å². The van der Waals surface area contributed by atoms with E-state index in [-0.39, 0.29) is 12.3 Å². The van der Waals surface area contributed by atoms with Crippen LogP contribution < -0.4 is 11.1 Å². The van der Waals surface area contributed by atoms with Crippen molar-refractivity contribution in [3.05, 3.63) is 90.0 Å². The van der Waals surface area contributed by atoms with Gasteiger partial charge in [-0.1, -0.05) is 66.7 Å². The molecule has 120 valence electrons. The van der Waals surface area contributed by atoms with Crippen LogP contribution >= 0.6 is 0 Å². The molecule has 0 saturated carbocycles. The minimum absolute atomic E-state index is 0.243. The molecule has 3 heteroatoms. The van der Waals surface area contributed by atoms with Gasteiger partial charge in [-0.3, -0.25) is 4.79 Å². The summed E-state index contributed by atoms with van der Waals surface area (Å²) in [6, 6.07) is 26.5. The number of carbonyl (C=O) groups is 1. The number of nitrogens with one attached hydrogen (secondary N) is 1. The fourth-order valence-electron chi connectivity index (χ4n) is 2.72. The minimum atomic E-state index is -0.324. The third-order valence-corrected chi connectivity index (χ3v) is 3.90. The molecule has 24 heavy (non-hydrogen) atoms. The van der Waals surface area contributed by atoms with Gasteiger partial charge < -0.3 is 11.1 Å². The van der Waals surface area contributed by atoms with E-state index in [9.17, 15) is 4.79 Å². The number of hydrogen-bond donors (Lipinski definition) is 2. The molecule has 0 aliphatic heterocycles. The molecule has 0 spiro atoms. The van der Waals surface area contributed by atoms with Gasteiger partial charge in [0, 0.05) is 12.2 Å². The maximum atomic E-state index is 11.2. The van der Waals surface area contributed by atoms with Crippen LogP contribution in [0.4, 0.5) is 5.69 Å². The zero-order valence-corrected chi connectivity index (χ0v) is 13.4. The first-order chi connectivity index (χ1) is 11.7. The quantitative estimate of drug-likeness (QED) is 0.722. The summed E-state index contributed by atoms with van der Waals surface area (Å²) >= 11 is 0. The van der Waals surface area contributed by atoms with E-state index in [2.05, 4.69) is 41.7 Å². The highest BCUT2D eigenvalue weighted by Gasteiger charge is 2.05. The second-order valence-electron chi connectivity index (χ2n) is 5.72. The summed E-state index contributed by atoms with van der Waals surface area (Å²) in [6.45, 7) is 0.691. The third kappa shape index (κ3) is 4.02. The number of amides is 1. The molecular weight excluding hydrogens is 296 g/mol. The number of para-hydroxylation sites is 1. The number of benzene rings is 3. The second kappa shape index (κ2) is 7.47. The summed E-state index contributed by atoms with van der Waals surface area (Å²) in [5.74, 6) is -0.324. The van der Waals surface area contributed by atoms with E-state index >= 15 is 0 Å². The molecule has 3 aromatic carbocycles. The minimum Gasteiger partial charge on any atom is -0.381 e. The Kier molecular flexibility index (Phi) is 4.92. The monoisotopic (exact) mass is 316 g/mol. The van der Waals surface area contributed by atoms with Crippen LogP contribution in [0.3, 0.4) is 0 Å². The largest absolute Gasteiger partial charge is 0.381 e. The molecule has 0 unspecified atom stereocenters. The van der Waals surface area contributed by atoms with Gasteiger partial charge in [-0.2, -0.15) is 0 Å². The van der Waals surface area contributed by atoms with E-state index in [0.29, 0.717) is 6.54 Å². The van der Waals surface area contributed by atoms with Crippen LogP contribution in [0.5, 0.6) is 0 Å². The van der Waals surface area contributed by atoms with Crippen molar-refractivity contribution in [2.24, 2.45) is 5.73 Å². The molecule has 0 heterocycles. The first kappa shape index (κ1) is 15.8. The van der Waals surface area contributed by atoms with Gasteiger partial charge in [0.2, 0.25) is 5.91 Å². The molecule has 3 rings (SSSR count). The van der Waals surface area contributed by atoms with Crippen LogP contribution in [0.1, 0.15) is 11.1 Å². The summed E-state index contributed by atoms with van der Waals surface area (Å²) in [5.41, 5.74) is 10.8. The molecule has 0 aliphatic rings. The highest BCUT2D eigenvalue weighted by molar-refractivity contribution is 5.78. The maximum Gasteiger partial charge on any atom is 0.221 e. The normalized spacial score (nSPS) is 10.3. The van der Waals surface area contributed by atoms with E-state index in [1.54, 1.807) is 0 Å². The SMILES string of the molecule is NC(=O)Cc1ccccc1NCc1cccc(-c2ccccc2)c1. The summed E-state index contributed by atoms with van der Waals surface area (Å²) in [4.78, 5) is 11.2. The van der Waals surface area contributed by atoms with E-state index < -0.39 is 0 Å². The predicted molar refractivity (Wildman–Crippen MR) is 98.5 cm³/mol. The maximum absolute atomic E-state index is 11.2. The lowest BCUT2D eigenvalue weighted by atomic mass is 10.0. The van der Waals surface area contributed by atoms with Crippen LogP contribution in [0, 0.1) is 0 Å². The first-order valence-electron chi connectivity index (χ1n) is 7.97. The number of nitrogens with two attached hydrogens (primary N) is 1. The van der Waals surface area contributed by atoms with Crippen molar-refractivity contribution in [3.63, 3.8) is 0 Å². The lowest BCUT2D eigenvalue weighted by Crippen LogP contribution is -2.15.